The molecular formula is C24H34O2Si. The molecule has 2 nitrogen and oxygen atoms in total. The number of aryl methyl sites for hydroxylation is 6. The van der Waals surface area contributed by atoms with E-state index in [2.05, 4.69) is 93.5 Å². The van der Waals surface area contributed by atoms with Gasteiger partial charge >= 0.3 is 0 Å². The monoisotopic (exact) mass is 382 g/mol. The van der Waals surface area contributed by atoms with Gasteiger partial charge < -0.3 is 9.16 Å². The highest BCUT2D eigenvalue weighted by Crippen LogP contribution is 2.42. The molecule has 146 valence electrons. The molecule has 1 aliphatic heterocycles. The van der Waals surface area contributed by atoms with Gasteiger partial charge in [0.05, 0.1) is 5.22 Å². The van der Waals surface area contributed by atoms with Gasteiger partial charge in [0, 0.05) is 0 Å². The van der Waals surface area contributed by atoms with E-state index in [4.69, 9.17) is 9.16 Å². The van der Waals surface area contributed by atoms with Gasteiger partial charge in [-0.1, -0.05) is 35.4 Å². The molecule has 0 bridgehead atoms. The first kappa shape index (κ1) is 20.3. The minimum absolute atomic E-state index is 0.383. The van der Waals surface area contributed by atoms with Crippen LogP contribution in [0.2, 0.25) is 0 Å². The molecule has 0 atom stereocenters. The lowest BCUT2D eigenvalue weighted by Gasteiger charge is -2.40. The highest BCUT2D eigenvalue weighted by atomic mass is 28.4. The van der Waals surface area contributed by atoms with Gasteiger partial charge in [-0.05, 0) is 102 Å². The molecule has 3 heteroatoms. The standard InChI is InChI=1S/C24H34O2Si/c1-15-11-17(3)21(18(4)12-15)27(24(9,10)25-23(7,8)26-27)22-19(5)13-16(2)14-20(22)6/h11-14H,1-10H3. The Kier molecular flexibility index (Phi) is 4.74. The van der Waals surface area contributed by atoms with Crippen LogP contribution in [-0.4, -0.2) is 19.3 Å². The molecule has 1 aliphatic rings. The molecule has 2 aromatic carbocycles. The fourth-order valence-corrected chi connectivity index (χ4v) is 11.1. The molecule has 1 fully saturated rings. The van der Waals surface area contributed by atoms with E-state index >= 15 is 0 Å². The summed E-state index contributed by atoms with van der Waals surface area (Å²) in [6.07, 6.45) is 0. The summed E-state index contributed by atoms with van der Waals surface area (Å²) in [6, 6.07) is 9.17. The van der Waals surface area contributed by atoms with Gasteiger partial charge in [-0.2, -0.15) is 0 Å². The zero-order valence-corrected chi connectivity index (χ0v) is 19.6. The highest BCUT2D eigenvalue weighted by molar-refractivity contribution is 7.01. The van der Waals surface area contributed by atoms with Gasteiger partial charge in [0.15, 0.2) is 5.79 Å². The van der Waals surface area contributed by atoms with Gasteiger partial charge in [0.25, 0.3) is 8.32 Å². The van der Waals surface area contributed by atoms with Crippen LogP contribution >= 0.6 is 0 Å². The van der Waals surface area contributed by atoms with Crippen molar-refractivity contribution >= 4 is 18.7 Å². The number of hydrogen-bond acceptors (Lipinski definition) is 2. The van der Waals surface area contributed by atoms with E-state index in [0.29, 0.717) is 0 Å². The number of rotatable bonds is 2. The Hall–Kier alpha value is -1.42. The van der Waals surface area contributed by atoms with Crippen molar-refractivity contribution in [3.63, 3.8) is 0 Å². The number of ether oxygens (including phenoxy) is 1. The van der Waals surface area contributed by atoms with Crippen molar-refractivity contribution in [2.45, 2.75) is 80.2 Å². The van der Waals surface area contributed by atoms with Gasteiger partial charge in [-0.3, -0.25) is 0 Å². The fourth-order valence-electron chi connectivity index (χ4n) is 5.50. The van der Waals surface area contributed by atoms with Crippen LogP contribution < -0.4 is 10.4 Å². The maximum absolute atomic E-state index is 7.04. The average Bonchev–Trinajstić information content (AvgIpc) is 2.61. The zero-order chi connectivity index (χ0) is 20.4. The Morgan fingerprint density at radius 1 is 0.630 bits per heavy atom. The molecule has 0 unspecified atom stereocenters. The molecule has 0 amide bonds. The normalized spacial score (nSPS) is 20.1. The van der Waals surface area contributed by atoms with Crippen molar-refractivity contribution in [2.75, 3.05) is 0 Å². The van der Waals surface area contributed by atoms with Gasteiger partial charge in [-0.15, -0.1) is 0 Å². The Morgan fingerprint density at radius 2 is 0.963 bits per heavy atom. The average molecular weight is 383 g/mol. The van der Waals surface area contributed by atoms with E-state index < -0.39 is 14.1 Å². The maximum Gasteiger partial charge on any atom is 0.291 e. The Morgan fingerprint density at radius 3 is 1.22 bits per heavy atom. The zero-order valence-electron chi connectivity index (χ0n) is 18.6. The first-order valence-corrected chi connectivity index (χ1v) is 11.8. The third kappa shape index (κ3) is 3.10. The smallest absolute Gasteiger partial charge is 0.291 e. The summed E-state index contributed by atoms with van der Waals surface area (Å²) < 4.78 is 13.6. The third-order valence-electron chi connectivity index (χ3n) is 5.81. The van der Waals surface area contributed by atoms with Gasteiger partial charge in [0.1, 0.15) is 0 Å². The van der Waals surface area contributed by atoms with Crippen LogP contribution in [0.5, 0.6) is 0 Å². The van der Waals surface area contributed by atoms with Crippen LogP contribution in [0.25, 0.3) is 0 Å². The molecular weight excluding hydrogens is 348 g/mol. The molecule has 3 rings (SSSR count). The Bertz CT molecular complexity index is 805. The molecule has 1 saturated heterocycles. The third-order valence-corrected chi connectivity index (χ3v) is 11.4. The molecule has 0 radical (unpaired) electrons. The predicted molar refractivity (Wildman–Crippen MR) is 117 cm³/mol. The number of benzene rings is 2. The number of hydrogen-bond donors (Lipinski definition) is 0. The van der Waals surface area contributed by atoms with Crippen molar-refractivity contribution in [1.29, 1.82) is 0 Å². The van der Waals surface area contributed by atoms with Crippen molar-refractivity contribution in [3.05, 3.63) is 57.6 Å². The van der Waals surface area contributed by atoms with Crippen molar-refractivity contribution in [2.24, 2.45) is 0 Å². The second-order valence-electron chi connectivity index (χ2n) is 9.34. The summed E-state index contributed by atoms with van der Waals surface area (Å²) in [4.78, 5) is 0. The summed E-state index contributed by atoms with van der Waals surface area (Å²) in [7, 11) is -2.69. The molecule has 27 heavy (non-hydrogen) atoms. The largest absolute Gasteiger partial charge is 0.378 e. The summed E-state index contributed by atoms with van der Waals surface area (Å²) in [5.41, 5.74) is 7.85. The van der Waals surface area contributed by atoms with E-state index in [1.54, 1.807) is 0 Å². The summed E-state index contributed by atoms with van der Waals surface area (Å²) in [5.74, 6) is -0.608. The first-order valence-electron chi connectivity index (χ1n) is 9.88. The topological polar surface area (TPSA) is 18.5 Å². The lowest BCUT2D eigenvalue weighted by atomic mass is 10.1. The van der Waals surface area contributed by atoms with Crippen LogP contribution in [0.1, 0.15) is 61.1 Å². The van der Waals surface area contributed by atoms with Crippen molar-refractivity contribution in [1.82, 2.24) is 0 Å². The summed E-state index contributed by atoms with van der Waals surface area (Å²) in [6.45, 7) is 21.8. The van der Waals surface area contributed by atoms with Crippen LogP contribution in [0, 0.1) is 41.5 Å². The SMILES string of the molecule is Cc1cc(C)c([Si]2(c3c(C)cc(C)cc3C)OC(C)(C)OC2(C)C)c(C)c1. The molecule has 0 spiro atoms. The van der Waals surface area contributed by atoms with Gasteiger partial charge in [-0.25, -0.2) is 0 Å². The minimum Gasteiger partial charge on any atom is -0.378 e. The molecule has 0 aliphatic carbocycles. The lowest BCUT2D eigenvalue weighted by Crippen LogP contribution is -2.72. The maximum atomic E-state index is 7.04. The van der Waals surface area contributed by atoms with Crippen LogP contribution in [0.4, 0.5) is 0 Å². The fraction of sp³-hybridized carbons (Fsp3) is 0.500. The van der Waals surface area contributed by atoms with Crippen LogP contribution in [-0.2, 0) is 9.16 Å². The van der Waals surface area contributed by atoms with E-state index in [0.717, 1.165) is 0 Å². The molecule has 0 N–H and O–H groups in total. The van der Waals surface area contributed by atoms with E-state index in [1.807, 2.05) is 0 Å². The second kappa shape index (κ2) is 6.30. The van der Waals surface area contributed by atoms with Crippen LogP contribution in [0.3, 0.4) is 0 Å². The Balaban J connectivity index is 2.49. The predicted octanol–water partition coefficient (Wildman–Crippen LogP) is 4.70. The van der Waals surface area contributed by atoms with E-state index in [9.17, 15) is 0 Å². The second-order valence-corrected chi connectivity index (χ2v) is 13.1. The molecule has 0 aromatic heterocycles. The quantitative estimate of drug-likeness (QED) is 0.701. The van der Waals surface area contributed by atoms with E-state index in [1.165, 1.54) is 43.8 Å². The van der Waals surface area contributed by atoms with Crippen molar-refractivity contribution in [3.8, 4) is 0 Å². The van der Waals surface area contributed by atoms with E-state index in [-0.39, 0.29) is 5.22 Å². The molecule has 1 heterocycles. The first-order chi connectivity index (χ1) is 12.3. The minimum atomic E-state index is -2.69. The lowest BCUT2D eigenvalue weighted by molar-refractivity contribution is -0.148. The molecule has 2 aromatic rings. The summed E-state index contributed by atoms with van der Waals surface area (Å²) >= 11 is 0. The van der Waals surface area contributed by atoms with Gasteiger partial charge in [0.2, 0.25) is 0 Å². The summed E-state index contributed by atoms with van der Waals surface area (Å²) in [5, 5.41) is 2.36. The highest BCUT2D eigenvalue weighted by Gasteiger charge is 2.65. The van der Waals surface area contributed by atoms with Crippen LogP contribution in [0.15, 0.2) is 24.3 Å². The molecule has 0 saturated carbocycles. The Labute approximate surface area is 166 Å². The van der Waals surface area contributed by atoms with Crippen molar-refractivity contribution < 1.29 is 9.16 Å².